The molecule has 4 rings (SSSR count). The van der Waals surface area contributed by atoms with Gasteiger partial charge in [0.2, 0.25) is 11.7 Å². The van der Waals surface area contributed by atoms with Crippen molar-refractivity contribution in [2.75, 3.05) is 0 Å². The van der Waals surface area contributed by atoms with Crippen molar-refractivity contribution >= 4 is 17.3 Å². The highest BCUT2D eigenvalue weighted by Gasteiger charge is 2.11. The molecule has 0 saturated heterocycles. The normalized spacial score (nSPS) is 10.7. The van der Waals surface area contributed by atoms with Crippen molar-refractivity contribution in [3.63, 3.8) is 0 Å². The molecular weight excluding hydrogens is 390 g/mol. The van der Waals surface area contributed by atoms with Gasteiger partial charge in [-0.3, -0.25) is 0 Å². The monoisotopic (exact) mass is 407 g/mol. The lowest BCUT2D eigenvalue weighted by Crippen LogP contribution is -2.05. The van der Waals surface area contributed by atoms with Crippen molar-refractivity contribution in [2.45, 2.75) is 20.1 Å². The number of esters is 1. The van der Waals surface area contributed by atoms with E-state index in [0.29, 0.717) is 23.0 Å². The third-order valence-corrected chi connectivity index (χ3v) is 4.89. The van der Waals surface area contributed by atoms with E-state index >= 15 is 0 Å². The number of aryl methyl sites for hydroxylation is 1. The van der Waals surface area contributed by atoms with Gasteiger partial charge in [0.1, 0.15) is 17.4 Å². The molecular formula is C21H17N3O4S. The lowest BCUT2D eigenvalue weighted by molar-refractivity contribution is 0.0468. The molecule has 7 nitrogen and oxygen atoms in total. The van der Waals surface area contributed by atoms with E-state index in [1.807, 2.05) is 35.7 Å². The van der Waals surface area contributed by atoms with Crippen LogP contribution in [0, 0.1) is 6.92 Å². The van der Waals surface area contributed by atoms with Crippen LogP contribution in [0.15, 0.2) is 64.5 Å². The average Bonchev–Trinajstić information content (AvgIpc) is 3.40. The maximum atomic E-state index is 12.3. The zero-order valence-electron chi connectivity index (χ0n) is 15.6. The van der Waals surface area contributed by atoms with E-state index in [4.69, 9.17) is 14.0 Å². The number of hydrogen-bond acceptors (Lipinski definition) is 8. The van der Waals surface area contributed by atoms with Crippen LogP contribution in [0.2, 0.25) is 0 Å². The predicted octanol–water partition coefficient (Wildman–Crippen LogP) is 4.44. The molecule has 0 bridgehead atoms. The Morgan fingerprint density at radius 2 is 1.83 bits per heavy atom. The third kappa shape index (κ3) is 4.85. The summed E-state index contributed by atoms with van der Waals surface area (Å²) >= 11 is 1.52. The van der Waals surface area contributed by atoms with Gasteiger partial charge in [0.15, 0.2) is 6.61 Å². The van der Waals surface area contributed by atoms with Gasteiger partial charge in [0.05, 0.1) is 11.3 Å². The summed E-state index contributed by atoms with van der Waals surface area (Å²) in [4.78, 5) is 20.8. The number of nitrogens with zero attached hydrogens (tertiary/aromatic N) is 3. The Morgan fingerprint density at radius 3 is 2.55 bits per heavy atom. The van der Waals surface area contributed by atoms with Crippen LogP contribution in [0.1, 0.15) is 27.8 Å². The second-order valence-corrected chi connectivity index (χ2v) is 6.99. The van der Waals surface area contributed by atoms with Gasteiger partial charge in [-0.25, -0.2) is 9.78 Å². The second kappa shape index (κ2) is 8.66. The molecule has 0 aliphatic heterocycles. The van der Waals surface area contributed by atoms with Gasteiger partial charge in [-0.05, 0) is 24.3 Å². The first-order valence-corrected chi connectivity index (χ1v) is 9.74. The maximum Gasteiger partial charge on any atom is 0.338 e. The van der Waals surface area contributed by atoms with Gasteiger partial charge in [-0.1, -0.05) is 35.5 Å². The van der Waals surface area contributed by atoms with E-state index in [1.54, 1.807) is 31.2 Å². The molecule has 2 aromatic heterocycles. The quantitative estimate of drug-likeness (QED) is 0.419. The molecule has 2 heterocycles. The van der Waals surface area contributed by atoms with Gasteiger partial charge >= 0.3 is 5.97 Å². The minimum atomic E-state index is -0.417. The minimum absolute atomic E-state index is 0.123. The first-order chi connectivity index (χ1) is 14.2. The molecule has 0 spiro atoms. The Morgan fingerprint density at radius 1 is 1.03 bits per heavy atom. The van der Waals surface area contributed by atoms with Crippen molar-refractivity contribution in [2.24, 2.45) is 0 Å². The highest BCUT2D eigenvalue weighted by atomic mass is 32.1. The van der Waals surface area contributed by atoms with Crippen LogP contribution >= 0.6 is 11.3 Å². The van der Waals surface area contributed by atoms with E-state index < -0.39 is 5.97 Å². The number of thiazole rings is 1. The molecule has 0 N–H and O–H groups in total. The molecule has 0 fully saturated rings. The highest BCUT2D eigenvalue weighted by Crippen LogP contribution is 2.23. The van der Waals surface area contributed by atoms with Gasteiger partial charge in [-0.15, -0.1) is 11.3 Å². The number of carbonyl (C=O) groups excluding carboxylic acids is 1. The lowest BCUT2D eigenvalue weighted by atomic mass is 10.2. The van der Waals surface area contributed by atoms with Gasteiger partial charge in [0, 0.05) is 17.9 Å². The molecule has 0 radical (unpaired) electrons. The molecule has 0 amide bonds. The number of carbonyl (C=O) groups is 1. The largest absolute Gasteiger partial charge is 0.485 e. The van der Waals surface area contributed by atoms with Crippen LogP contribution in [0.25, 0.3) is 10.6 Å². The molecule has 0 atom stereocenters. The molecule has 29 heavy (non-hydrogen) atoms. The molecule has 2 aromatic carbocycles. The molecule has 0 unspecified atom stereocenters. The smallest absolute Gasteiger partial charge is 0.338 e. The van der Waals surface area contributed by atoms with E-state index in [9.17, 15) is 4.79 Å². The Kier molecular flexibility index (Phi) is 5.62. The van der Waals surface area contributed by atoms with Crippen LogP contribution < -0.4 is 4.74 Å². The van der Waals surface area contributed by atoms with E-state index in [0.717, 1.165) is 16.3 Å². The van der Waals surface area contributed by atoms with E-state index in [-0.39, 0.29) is 13.2 Å². The summed E-state index contributed by atoms with van der Waals surface area (Å²) < 4.78 is 15.8. The number of hydrogen-bond donors (Lipinski definition) is 0. The fourth-order valence-electron chi connectivity index (χ4n) is 2.54. The van der Waals surface area contributed by atoms with E-state index in [1.165, 1.54) is 11.3 Å². The van der Waals surface area contributed by atoms with Crippen molar-refractivity contribution in [3.8, 4) is 16.3 Å². The zero-order valence-corrected chi connectivity index (χ0v) is 16.4. The zero-order chi connectivity index (χ0) is 20.1. The average molecular weight is 407 g/mol. The van der Waals surface area contributed by atoms with Crippen LogP contribution in [0.4, 0.5) is 0 Å². The molecule has 0 aliphatic rings. The Hall–Kier alpha value is -3.52. The van der Waals surface area contributed by atoms with E-state index in [2.05, 4.69) is 15.1 Å². The van der Waals surface area contributed by atoms with Crippen LogP contribution in [-0.4, -0.2) is 21.1 Å². The summed E-state index contributed by atoms with van der Waals surface area (Å²) in [7, 11) is 0. The van der Waals surface area contributed by atoms with Crippen molar-refractivity contribution in [1.82, 2.24) is 15.1 Å². The number of benzene rings is 2. The molecule has 146 valence electrons. The first kappa shape index (κ1) is 18.8. The van der Waals surface area contributed by atoms with Crippen LogP contribution in [-0.2, 0) is 18.0 Å². The predicted molar refractivity (Wildman–Crippen MR) is 106 cm³/mol. The molecule has 8 heteroatoms. The number of ether oxygens (including phenoxy) is 2. The summed E-state index contributed by atoms with van der Waals surface area (Å²) in [5.41, 5.74) is 2.20. The molecule has 4 aromatic rings. The highest BCUT2D eigenvalue weighted by molar-refractivity contribution is 7.13. The van der Waals surface area contributed by atoms with Gasteiger partial charge < -0.3 is 14.0 Å². The standard InChI is InChI=1S/C21H17N3O4S/c1-14-22-19(24-28-14)12-26-18-9-7-16(8-10-18)21(25)27-11-17-13-29-20(23-17)15-5-3-2-4-6-15/h2-10,13H,11-12H2,1H3. The lowest BCUT2D eigenvalue weighted by Gasteiger charge is -2.05. The summed E-state index contributed by atoms with van der Waals surface area (Å²) in [5, 5.41) is 6.55. The number of rotatable bonds is 7. The minimum Gasteiger partial charge on any atom is -0.485 e. The van der Waals surface area contributed by atoms with Gasteiger partial charge in [0.25, 0.3) is 0 Å². The maximum absolute atomic E-state index is 12.3. The van der Waals surface area contributed by atoms with Gasteiger partial charge in [-0.2, -0.15) is 4.98 Å². The molecule has 0 saturated carbocycles. The fraction of sp³-hybridized carbons (Fsp3) is 0.143. The SMILES string of the molecule is Cc1nc(COc2ccc(C(=O)OCc3csc(-c4ccccc4)n3)cc2)no1. The summed E-state index contributed by atoms with van der Waals surface area (Å²) in [5.74, 6) is 1.12. The third-order valence-electron chi connectivity index (χ3n) is 3.95. The Balaban J connectivity index is 1.30. The van der Waals surface area contributed by atoms with Crippen molar-refractivity contribution < 1.29 is 18.8 Å². The second-order valence-electron chi connectivity index (χ2n) is 6.13. The van der Waals surface area contributed by atoms with Crippen molar-refractivity contribution in [3.05, 3.63) is 82.9 Å². The topological polar surface area (TPSA) is 87.3 Å². The van der Waals surface area contributed by atoms with Crippen molar-refractivity contribution in [1.29, 1.82) is 0 Å². The number of aromatic nitrogens is 3. The summed E-state index contributed by atoms with van der Waals surface area (Å²) in [6.45, 7) is 2.03. The van der Waals surface area contributed by atoms with Crippen LogP contribution in [0.5, 0.6) is 5.75 Å². The first-order valence-electron chi connectivity index (χ1n) is 8.86. The Bertz CT molecular complexity index is 1090. The summed E-state index contributed by atoms with van der Waals surface area (Å²) in [6.07, 6.45) is 0. The summed E-state index contributed by atoms with van der Waals surface area (Å²) in [6, 6.07) is 16.6. The molecule has 0 aliphatic carbocycles. The van der Waals surface area contributed by atoms with Crippen LogP contribution in [0.3, 0.4) is 0 Å². The Labute approximate surface area is 170 Å². The fourth-order valence-corrected chi connectivity index (χ4v) is 3.36.